The standard InChI is InChI=1S/C15H16N2O2S/c1-19-15(18)8-11-4-2-3-5-12(11)10-20-13-6-7-14(16)17-9-13/h2-7,9H,8,10H2,1H3,(H2,16,17). The molecule has 0 fully saturated rings. The minimum Gasteiger partial charge on any atom is -0.469 e. The highest BCUT2D eigenvalue weighted by atomic mass is 32.2. The number of carbonyl (C=O) groups excluding carboxylic acids is 1. The number of carbonyl (C=O) groups is 1. The van der Waals surface area contributed by atoms with Crippen molar-refractivity contribution in [3.05, 3.63) is 53.7 Å². The number of nitrogens with two attached hydrogens (primary N) is 1. The molecule has 0 atom stereocenters. The van der Waals surface area contributed by atoms with Crippen molar-refractivity contribution in [2.45, 2.75) is 17.1 Å². The zero-order valence-corrected chi connectivity index (χ0v) is 12.0. The molecule has 1 aromatic heterocycles. The van der Waals surface area contributed by atoms with Crippen molar-refractivity contribution >= 4 is 23.5 Å². The molecule has 0 aliphatic rings. The zero-order valence-electron chi connectivity index (χ0n) is 11.2. The molecule has 0 radical (unpaired) electrons. The molecule has 0 bridgehead atoms. The summed E-state index contributed by atoms with van der Waals surface area (Å²) in [7, 11) is 1.40. The van der Waals surface area contributed by atoms with Crippen LogP contribution in [-0.4, -0.2) is 18.1 Å². The van der Waals surface area contributed by atoms with E-state index < -0.39 is 0 Å². The Morgan fingerprint density at radius 2 is 2.00 bits per heavy atom. The number of anilines is 1. The van der Waals surface area contributed by atoms with Crippen molar-refractivity contribution in [2.24, 2.45) is 0 Å². The number of hydrogen-bond acceptors (Lipinski definition) is 5. The Morgan fingerprint density at radius 1 is 1.25 bits per heavy atom. The van der Waals surface area contributed by atoms with E-state index >= 15 is 0 Å². The smallest absolute Gasteiger partial charge is 0.309 e. The summed E-state index contributed by atoms with van der Waals surface area (Å²) in [5.74, 6) is 1.07. The average molecular weight is 288 g/mol. The Hall–Kier alpha value is -2.01. The molecule has 20 heavy (non-hydrogen) atoms. The first-order chi connectivity index (χ1) is 9.69. The van der Waals surface area contributed by atoms with Gasteiger partial charge in [-0.1, -0.05) is 24.3 Å². The van der Waals surface area contributed by atoms with E-state index in [4.69, 9.17) is 10.5 Å². The first kappa shape index (κ1) is 14.4. The number of thioether (sulfide) groups is 1. The molecule has 0 saturated carbocycles. The van der Waals surface area contributed by atoms with Crippen molar-refractivity contribution in [1.29, 1.82) is 0 Å². The summed E-state index contributed by atoms with van der Waals surface area (Å²) in [6.07, 6.45) is 2.05. The fourth-order valence-corrected chi connectivity index (χ4v) is 2.63. The monoisotopic (exact) mass is 288 g/mol. The lowest BCUT2D eigenvalue weighted by Crippen LogP contribution is -2.06. The minimum atomic E-state index is -0.225. The number of nitrogens with zero attached hydrogens (tertiary/aromatic N) is 1. The predicted octanol–water partition coefficient (Wildman–Crippen LogP) is 2.67. The zero-order chi connectivity index (χ0) is 14.4. The first-order valence-electron chi connectivity index (χ1n) is 6.17. The van der Waals surface area contributed by atoms with Crippen LogP contribution < -0.4 is 5.73 Å². The van der Waals surface area contributed by atoms with Gasteiger partial charge < -0.3 is 10.5 Å². The fraction of sp³-hybridized carbons (Fsp3) is 0.200. The number of pyridine rings is 1. The normalized spacial score (nSPS) is 10.2. The molecule has 5 heteroatoms. The number of nitrogen functional groups attached to an aromatic ring is 1. The van der Waals surface area contributed by atoms with Crippen LogP contribution in [-0.2, 0) is 21.7 Å². The Bertz CT molecular complexity index is 585. The van der Waals surface area contributed by atoms with E-state index in [1.54, 1.807) is 24.0 Å². The van der Waals surface area contributed by atoms with Crippen LogP contribution in [0.15, 0.2) is 47.5 Å². The number of benzene rings is 1. The van der Waals surface area contributed by atoms with Gasteiger partial charge in [0.25, 0.3) is 0 Å². The molecule has 2 N–H and O–H groups in total. The topological polar surface area (TPSA) is 65.2 Å². The second kappa shape index (κ2) is 6.96. The van der Waals surface area contributed by atoms with Crippen LogP contribution in [0.25, 0.3) is 0 Å². The molecule has 104 valence electrons. The molecule has 0 saturated heterocycles. The van der Waals surface area contributed by atoms with Gasteiger partial charge in [0.05, 0.1) is 13.5 Å². The molecular formula is C15H16N2O2S. The number of methoxy groups -OCH3 is 1. The third-order valence-corrected chi connectivity index (χ3v) is 3.86. The highest BCUT2D eigenvalue weighted by Gasteiger charge is 2.08. The summed E-state index contributed by atoms with van der Waals surface area (Å²) in [5, 5.41) is 0. The summed E-state index contributed by atoms with van der Waals surface area (Å²) in [6.45, 7) is 0. The number of hydrogen-bond donors (Lipinski definition) is 1. The third kappa shape index (κ3) is 3.99. The first-order valence-corrected chi connectivity index (χ1v) is 7.15. The van der Waals surface area contributed by atoms with Crippen molar-refractivity contribution in [2.75, 3.05) is 12.8 Å². The average Bonchev–Trinajstić information content (AvgIpc) is 2.48. The SMILES string of the molecule is COC(=O)Cc1ccccc1CSc1ccc(N)nc1. The van der Waals surface area contributed by atoms with Gasteiger partial charge in [-0.25, -0.2) is 4.98 Å². The quantitative estimate of drug-likeness (QED) is 0.677. The summed E-state index contributed by atoms with van der Waals surface area (Å²) in [6, 6.07) is 11.6. The summed E-state index contributed by atoms with van der Waals surface area (Å²) < 4.78 is 4.72. The van der Waals surface area contributed by atoms with Gasteiger partial charge in [0.2, 0.25) is 0 Å². The number of rotatable bonds is 5. The van der Waals surface area contributed by atoms with Crippen LogP contribution in [0, 0.1) is 0 Å². The Kier molecular flexibility index (Phi) is 5.01. The predicted molar refractivity (Wildman–Crippen MR) is 80.4 cm³/mol. The molecule has 0 unspecified atom stereocenters. The van der Waals surface area contributed by atoms with Crippen LogP contribution in [0.2, 0.25) is 0 Å². The highest BCUT2D eigenvalue weighted by Crippen LogP contribution is 2.24. The van der Waals surface area contributed by atoms with Crippen LogP contribution in [0.5, 0.6) is 0 Å². The minimum absolute atomic E-state index is 0.225. The van der Waals surface area contributed by atoms with Gasteiger partial charge in [0, 0.05) is 16.8 Å². The van der Waals surface area contributed by atoms with Gasteiger partial charge in [-0.3, -0.25) is 4.79 Å². The number of ether oxygens (including phenoxy) is 1. The maximum Gasteiger partial charge on any atom is 0.309 e. The maximum absolute atomic E-state index is 11.4. The van der Waals surface area contributed by atoms with E-state index in [1.165, 1.54) is 7.11 Å². The number of esters is 1. The largest absolute Gasteiger partial charge is 0.469 e. The second-order valence-electron chi connectivity index (χ2n) is 4.23. The van der Waals surface area contributed by atoms with Gasteiger partial charge >= 0.3 is 5.97 Å². The van der Waals surface area contributed by atoms with E-state index in [-0.39, 0.29) is 5.97 Å². The lowest BCUT2D eigenvalue weighted by Gasteiger charge is -2.08. The van der Waals surface area contributed by atoms with Crippen LogP contribution in [0.3, 0.4) is 0 Å². The van der Waals surface area contributed by atoms with Crippen LogP contribution in [0.1, 0.15) is 11.1 Å². The number of aromatic nitrogens is 1. The van der Waals surface area contributed by atoms with Crippen molar-refractivity contribution in [3.8, 4) is 0 Å². The van der Waals surface area contributed by atoms with E-state index in [9.17, 15) is 4.79 Å². The summed E-state index contributed by atoms with van der Waals surface area (Å²) in [5.41, 5.74) is 7.68. The molecule has 1 heterocycles. The van der Waals surface area contributed by atoms with E-state index in [1.807, 2.05) is 30.3 Å². The molecule has 4 nitrogen and oxygen atoms in total. The van der Waals surface area contributed by atoms with Crippen molar-refractivity contribution in [1.82, 2.24) is 4.98 Å². The van der Waals surface area contributed by atoms with Gasteiger partial charge in [-0.05, 0) is 23.3 Å². The fourth-order valence-electron chi connectivity index (χ4n) is 1.74. The molecule has 0 aliphatic carbocycles. The Morgan fingerprint density at radius 3 is 2.65 bits per heavy atom. The summed E-state index contributed by atoms with van der Waals surface area (Å²) in [4.78, 5) is 16.5. The van der Waals surface area contributed by atoms with Gasteiger partial charge in [-0.15, -0.1) is 11.8 Å². The lowest BCUT2D eigenvalue weighted by atomic mass is 10.1. The molecular weight excluding hydrogens is 272 g/mol. The Balaban J connectivity index is 2.05. The van der Waals surface area contributed by atoms with E-state index in [0.29, 0.717) is 12.2 Å². The highest BCUT2D eigenvalue weighted by molar-refractivity contribution is 7.98. The van der Waals surface area contributed by atoms with E-state index in [0.717, 1.165) is 21.8 Å². The lowest BCUT2D eigenvalue weighted by molar-refractivity contribution is -0.139. The molecule has 0 amide bonds. The molecule has 2 rings (SSSR count). The van der Waals surface area contributed by atoms with Crippen LogP contribution >= 0.6 is 11.8 Å². The second-order valence-corrected chi connectivity index (χ2v) is 5.28. The van der Waals surface area contributed by atoms with Crippen LogP contribution in [0.4, 0.5) is 5.82 Å². The van der Waals surface area contributed by atoms with Crippen molar-refractivity contribution in [3.63, 3.8) is 0 Å². The van der Waals surface area contributed by atoms with Gasteiger partial charge in [0.15, 0.2) is 0 Å². The van der Waals surface area contributed by atoms with E-state index in [2.05, 4.69) is 4.98 Å². The van der Waals surface area contributed by atoms with Gasteiger partial charge in [0.1, 0.15) is 5.82 Å². The van der Waals surface area contributed by atoms with Crippen molar-refractivity contribution < 1.29 is 9.53 Å². The van der Waals surface area contributed by atoms with Gasteiger partial charge in [-0.2, -0.15) is 0 Å². The molecule has 2 aromatic rings. The Labute approximate surface area is 122 Å². The maximum atomic E-state index is 11.4. The summed E-state index contributed by atoms with van der Waals surface area (Å²) >= 11 is 1.66. The molecule has 0 aliphatic heterocycles. The molecule has 1 aromatic carbocycles. The molecule has 0 spiro atoms. The third-order valence-electron chi connectivity index (χ3n) is 2.83.